The van der Waals surface area contributed by atoms with Crippen LogP contribution < -0.4 is 14.4 Å². The van der Waals surface area contributed by atoms with Crippen LogP contribution >= 0.6 is 0 Å². The van der Waals surface area contributed by atoms with Gasteiger partial charge >= 0.3 is 0 Å². The van der Waals surface area contributed by atoms with E-state index in [1.807, 2.05) is 20.9 Å². The number of ether oxygens (including phenoxy) is 2. The van der Waals surface area contributed by atoms with Gasteiger partial charge in [0.25, 0.3) is 0 Å². The molecule has 0 N–H and O–H groups in total. The molecule has 0 saturated carbocycles. The second-order valence-corrected chi connectivity index (χ2v) is 14.4. The predicted molar refractivity (Wildman–Crippen MR) is 172 cm³/mol. The van der Waals surface area contributed by atoms with Crippen LogP contribution in [0.3, 0.4) is 0 Å². The highest BCUT2D eigenvalue weighted by Gasteiger charge is 2.36. The van der Waals surface area contributed by atoms with Gasteiger partial charge in [-0.3, -0.25) is 0 Å². The molecule has 0 aliphatic carbocycles. The van der Waals surface area contributed by atoms with Crippen LogP contribution in [0.15, 0.2) is 29.3 Å². The van der Waals surface area contributed by atoms with E-state index in [2.05, 4.69) is 45.7 Å². The van der Waals surface area contributed by atoms with Gasteiger partial charge in [0.2, 0.25) is 21.9 Å². The largest absolute Gasteiger partial charge is 0.497 e. The van der Waals surface area contributed by atoms with Crippen molar-refractivity contribution in [3.8, 4) is 11.6 Å². The molecule has 1 aromatic carbocycles. The SMILES string of the molecule is CCCCC1(N(C)C)CCN(CCN(C)c2nccc(OC3CCCN(S(=O)(=O)c4c(C)cc(OC)cc4C)C3)n2)CC1. The van der Waals surface area contributed by atoms with Crippen molar-refractivity contribution in [3.05, 3.63) is 35.5 Å². The van der Waals surface area contributed by atoms with Gasteiger partial charge in [-0.05, 0) is 96.4 Å². The van der Waals surface area contributed by atoms with Crippen molar-refractivity contribution >= 4 is 16.0 Å². The van der Waals surface area contributed by atoms with Gasteiger partial charge in [0.1, 0.15) is 11.9 Å². The number of aryl methyl sites for hydroxylation is 2. The molecule has 11 heteroatoms. The van der Waals surface area contributed by atoms with Gasteiger partial charge in [-0.2, -0.15) is 9.29 Å². The first kappa shape index (κ1) is 33.4. The van der Waals surface area contributed by atoms with Crippen LogP contribution in [0.25, 0.3) is 0 Å². The van der Waals surface area contributed by atoms with E-state index in [1.54, 1.807) is 35.8 Å². The molecule has 1 atom stereocenters. The zero-order valence-corrected chi connectivity index (χ0v) is 28.1. The average molecular weight is 617 g/mol. The van der Waals surface area contributed by atoms with Crippen LogP contribution in [0, 0.1) is 13.8 Å². The first-order valence-electron chi connectivity index (χ1n) is 15.7. The lowest BCUT2D eigenvalue weighted by atomic mass is 9.82. The first-order chi connectivity index (χ1) is 20.5. The molecular formula is C32H52N6O4S. The van der Waals surface area contributed by atoms with Crippen LogP contribution in [-0.2, 0) is 10.0 Å². The molecule has 2 saturated heterocycles. The molecule has 0 amide bonds. The lowest BCUT2D eigenvalue weighted by Gasteiger charge is -2.46. The van der Waals surface area contributed by atoms with Gasteiger partial charge in [-0.1, -0.05) is 19.8 Å². The number of piperidine rings is 2. The summed E-state index contributed by atoms with van der Waals surface area (Å²) >= 11 is 0. The Hall–Kier alpha value is -2.47. The summed E-state index contributed by atoms with van der Waals surface area (Å²) in [5.74, 6) is 1.75. The topological polar surface area (TPSA) is 91.3 Å². The Bertz CT molecular complexity index is 1290. The summed E-state index contributed by atoms with van der Waals surface area (Å²) < 4.78 is 40.5. The Morgan fingerprint density at radius 3 is 2.42 bits per heavy atom. The van der Waals surface area contributed by atoms with E-state index in [0.717, 1.165) is 39.0 Å². The maximum absolute atomic E-state index is 13.7. The molecule has 1 aromatic heterocycles. The Balaban J connectivity index is 1.33. The molecule has 10 nitrogen and oxygen atoms in total. The fourth-order valence-electron chi connectivity index (χ4n) is 6.55. The second-order valence-electron chi connectivity index (χ2n) is 12.5. The lowest BCUT2D eigenvalue weighted by molar-refractivity contribution is 0.0484. The zero-order chi connectivity index (χ0) is 31.2. The van der Waals surface area contributed by atoms with E-state index in [0.29, 0.717) is 45.7 Å². The van der Waals surface area contributed by atoms with E-state index in [9.17, 15) is 8.42 Å². The third kappa shape index (κ3) is 7.98. The molecule has 240 valence electrons. The van der Waals surface area contributed by atoms with Crippen molar-refractivity contribution in [2.24, 2.45) is 0 Å². The van der Waals surface area contributed by atoms with Crippen molar-refractivity contribution in [3.63, 3.8) is 0 Å². The quantitative estimate of drug-likeness (QED) is 0.326. The van der Waals surface area contributed by atoms with E-state index in [-0.39, 0.29) is 12.6 Å². The van der Waals surface area contributed by atoms with Gasteiger partial charge in [0.15, 0.2) is 0 Å². The highest BCUT2D eigenvalue weighted by molar-refractivity contribution is 7.89. The standard InChI is InChI=1S/C32H52N6O4S/c1-8-9-13-32(35(4)5)14-18-37(19-15-32)21-20-36(6)31-33-16-12-29(34-31)42-27-11-10-17-38(24-27)43(39,40)30-25(2)22-28(41-7)23-26(30)3/h12,16,22-23,27H,8-11,13-15,17-21,24H2,1-7H3. The third-order valence-corrected chi connectivity index (χ3v) is 11.5. The van der Waals surface area contributed by atoms with E-state index < -0.39 is 10.0 Å². The minimum Gasteiger partial charge on any atom is -0.497 e. The van der Waals surface area contributed by atoms with Crippen LogP contribution in [0.4, 0.5) is 5.95 Å². The number of sulfonamides is 1. The molecule has 2 aliphatic rings. The third-order valence-electron chi connectivity index (χ3n) is 9.34. The number of methoxy groups -OCH3 is 1. The lowest BCUT2D eigenvalue weighted by Crippen LogP contribution is -2.53. The van der Waals surface area contributed by atoms with Crippen molar-refractivity contribution in [1.82, 2.24) is 24.1 Å². The van der Waals surface area contributed by atoms with E-state index in [4.69, 9.17) is 9.47 Å². The number of rotatable bonds is 13. The summed E-state index contributed by atoms with van der Waals surface area (Å²) in [6.45, 7) is 10.7. The molecule has 0 spiro atoms. The molecule has 1 unspecified atom stereocenters. The Kier molecular flexibility index (Phi) is 11.3. The number of hydrogen-bond acceptors (Lipinski definition) is 9. The minimum atomic E-state index is -3.68. The number of benzene rings is 1. The zero-order valence-electron chi connectivity index (χ0n) is 27.3. The van der Waals surface area contributed by atoms with Crippen molar-refractivity contribution in [2.75, 3.05) is 72.4 Å². The fraction of sp³-hybridized carbons (Fsp3) is 0.688. The molecule has 0 bridgehead atoms. The summed E-state index contributed by atoms with van der Waals surface area (Å²) in [5, 5.41) is 0. The Morgan fingerprint density at radius 2 is 1.79 bits per heavy atom. The predicted octanol–water partition coefficient (Wildman–Crippen LogP) is 4.36. The smallest absolute Gasteiger partial charge is 0.243 e. The van der Waals surface area contributed by atoms with Crippen LogP contribution in [0.1, 0.15) is 63.0 Å². The Morgan fingerprint density at radius 1 is 1.09 bits per heavy atom. The summed E-state index contributed by atoms with van der Waals surface area (Å²) in [7, 11) is 4.39. The number of likely N-dealkylation sites (N-methyl/N-ethyl adjacent to an activating group) is 1. The molecule has 2 aromatic rings. The molecule has 2 fully saturated rings. The number of anilines is 1. The van der Waals surface area contributed by atoms with Gasteiger partial charge in [-0.25, -0.2) is 13.4 Å². The van der Waals surface area contributed by atoms with Gasteiger partial charge < -0.3 is 24.2 Å². The highest BCUT2D eigenvalue weighted by atomic mass is 32.2. The second kappa shape index (κ2) is 14.5. The average Bonchev–Trinajstić information content (AvgIpc) is 2.99. The summed E-state index contributed by atoms with van der Waals surface area (Å²) in [5.41, 5.74) is 1.69. The molecule has 4 rings (SSSR count). The summed E-state index contributed by atoms with van der Waals surface area (Å²) in [6, 6.07) is 5.30. The van der Waals surface area contributed by atoms with E-state index in [1.165, 1.54) is 32.1 Å². The van der Waals surface area contributed by atoms with Crippen molar-refractivity contribution in [1.29, 1.82) is 0 Å². The van der Waals surface area contributed by atoms with Crippen molar-refractivity contribution in [2.45, 2.75) is 82.3 Å². The van der Waals surface area contributed by atoms with Crippen LogP contribution in [-0.4, -0.2) is 112 Å². The summed E-state index contributed by atoms with van der Waals surface area (Å²) in [6.07, 6.45) is 9.13. The van der Waals surface area contributed by atoms with Crippen LogP contribution in [0.2, 0.25) is 0 Å². The van der Waals surface area contributed by atoms with Gasteiger partial charge in [0.05, 0.1) is 18.6 Å². The maximum atomic E-state index is 13.7. The van der Waals surface area contributed by atoms with Crippen LogP contribution in [0.5, 0.6) is 11.6 Å². The highest BCUT2D eigenvalue weighted by Crippen LogP contribution is 2.33. The number of unbranched alkanes of at least 4 members (excludes halogenated alkanes) is 1. The summed E-state index contributed by atoms with van der Waals surface area (Å²) in [4.78, 5) is 16.6. The Labute approximate surface area is 259 Å². The number of nitrogens with zero attached hydrogens (tertiary/aromatic N) is 6. The molecule has 2 aliphatic heterocycles. The number of aromatic nitrogens is 2. The molecule has 0 radical (unpaired) electrons. The number of likely N-dealkylation sites (tertiary alicyclic amines) is 1. The maximum Gasteiger partial charge on any atom is 0.243 e. The van der Waals surface area contributed by atoms with Gasteiger partial charge in [0, 0.05) is 44.5 Å². The normalized spacial score (nSPS) is 19.9. The monoisotopic (exact) mass is 616 g/mol. The first-order valence-corrected chi connectivity index (χ1v) is 17.2. The van der Waals surface area contributed by atoms with E-state index >= 15 is 0 Å². The van der Waals surface area contributed by atoms with Gasteiger partial charge in [-0.15, -0.1) is 0 Å². The molecular weight excluding hydrogens is 564 g/mol. The molecule has 43 heavy (non-hydrogen) atoms. The van der Waals surface area contributed by atoms with Crippen molar-refractivity contribution < 1.29 is 17.9 Å². The fourth-order valence-corrected chi connectivity index (χ4v) is 8.47. The minimum absolute atomic E-state index is 0.282. The number of hydrogen-bond donors (Lipinski definition) is 0. The molecule has 3 heterocycles.